The molecule has 0 aromatic heterocycles. The first-order valence-corrected chi connectivity index (χ1v) is 3.89. The molecule has 0 amide bonds. The highest BCUT2D eigenvalue weighted by molar-refractivity contribution is 5.96. The molecule has 0 unspecified atom stereocenters. The van der Waals surface area contributed by atoms with Crippen molar-refractivity contribution in [3.8, 4) is 0 Å². The standard InChI is InChI=1S/C8H10O5/c1-2-12-7(10)3-5-6(9)4-13-8(5)11/h9H,2-4H2,1H3. The highest BCUT2D eigenvalue weighted by atomic mass is 16.6. The molecule has 13 heavy (non-hydrogen) atoms. The molecule has 0 radical (unpaired) electrons. The summed E-state index contributed by atoms with van der Waals surface area (Å²) >= 11 is 0. The molecular formula is C8H10O5. The number of aliphatic hydroxyl groups excluding tert-OH is 1. The Morgan fingerprint density at radius 1 is 1.69 bits per heavy atom. The third-order valence-electron chi connectivity index (χ3n) is 1.56. The van der Waals surface area contributed by atoms with E-state index in [1.54, 1.807) is 6.92 Å². The molecule has 0 aromatic carbocycles. The summed E-state index contributed by atoms with van der Waals surface area (Å²) in [5.41, 5.74) is -0.00144. The van der Waals surface area contributed by atoms with E-state index < -0.39 is 11.9 Å². The molecule has 0 aliphatic carbocycles. The van der Waals surface area contributed by atoms with Gasteiger partial charge >= 0.3 is 11.9 Å². The Bertz CT molecular complexity index is 266. The van der Waals surface area contributed by atoms with Crippen LogP contribution in [0.2, 0.25) is 0 Å². The topological polar surface area (TPSA) is 72.8 Å². The van der Waals surface area contributed by atoms with Crippen LogP contribution in [0.15, 0.2) is 11.3 Å². The SMILES string of the molecule is CCOC(=O)CC1=C(O)COC1=O. The second kappa shape index (κ2) is 3.93. The smallest absolute Gasteiger partial charge is 0.338 e. The van der Waals surface area contributed by atoms with E-state index in [1.807, 2.05) is 0 Å². The zero-order valence-electron chi connectivity index (χ0n) is 7.20. The molecule has 0 atom stereocenters. The highest BCUT2D eigenvalue weighted by Crippen LogP contribution is 2.17. The van der Waals surface area contributed by atoms with Crippen LogP contribution in [0, 0.1) is 0 Å². The second-order valence-electron chi connectivity index (χ2n) is 2.48. The Labute approximate surface area is 74.9 Å². The lowest BCUT2D eigenvalue weighted by molar-refractivity contribution is -0.144. The van der Waals surface area contributed by atoms with Gasteiger partial charge in [0.2, 0.25) is 0 Å². The lowest BCUT2D eigenvalue weighted by Gasteiger charge is -2.00. The van der Waals surface area contributed by atoms with Crippen LogP contribution in [-0.4, -0.2) is 30.3 Å². The zero-order chi connectivity index (χ0) is 9.84. The van der Waals surface area contributed by atoms with Crippen LogP contribution < -0.4 is 0 Å². The van der Waals surface area contributed by atoms with E-state index in [-0.39, 0.29) is 31.0 Å². The van der Waals surface area contributed by atoms with Crippen molar-refractivity contribution in [3.63, 3.8) is 0 Å². The molecule has 1 N–H and O–H groups in total. The lowest BCUT2D eigenvalue weighted by atomic mass is 10.2. The van der Waals surface area contributed by atoms with Crippen LogP contribution in [0.4, 0.5) is 0 Å². The van der Waals surface area contributed by atoms with E-state index in [0.717, 1.165) is 0 Å². The number of rotatable bonds is 3. The van der Waals surface area contributed by atoms with Crippen LogP contribution in [0.3, 0.4) is 0 Å². The molecule has 72 valence electrons. The van der Waals surface area contributed by atoms with Crippen LogP contribution in [0.25, 0.3) is 0 Å². The van der Waals surface area contributed by atoms with Crippen molar-refractivity contribution in [1.82, 2.24) is 0 Å². The molecule has 1 heterocycles. The maximum absolute atomic E-state index is 10.9. The van der Waals surface area contributed by atoms with Crippen molar-refractivity contribution in [2.45, 2.75) is 13.3 Å². The van der Waals surface area contributed by atoms with Gasteiger partial charge in [0.1, 0.15) is 12.4 Å². The van der Waals surface area contributed by atoms with Crippen LogP contribution in [0.1, 0.15) is 13.3 Å². The van der Waals surface area contributed by atoms with Gasteiger partial charge in [-0.25, -0.2) is 4.79 Å². The van der Waals surface area contributed by atoms with Gasteiger partial charge in [-0.15, -0.1) is 0 Å². The Balaban J connectivity index is 2.57. The predicted octanol–water partition coefficient (Wildman–Crippen LogP) is 0.308. The van der Waals surface area contributed by atoms with Gasteiger partial charge in [-0.05, 0) is 6.92 Å². The summed E-state index contributed by atoms with van der Waals surface area (Å²) in [6, 6.07) is 0. The Hall–Kier alpha value is -1.52. The normalized spacial score (nSPS) is 15.9. The summed E-state index contributed by atoms with van der Waals surface area (Å²) in [6.45, 7) is 1.77. The number of esters is 2. The minimum atomic E-state index is -0.648. The first-order chi connectivity index (χ1) is 6.15. The van der Waals surface area contributed by atoms with Crippen molar-refractivity contribution >= 4 is 11.9 Å². The largest absolute Gasteiger partial charge is 0.508 e. The average molecular weight is 186 g/mol. The van der Waals surface area contributed by atoms with Crippen molar-refractivity contribution in [3.05, 3.63) is 11.3 Å². The maximum Gasteiger partial charge on any atom is 0.338 e. The average Bonchev–Trinajstić information content (AvgIpc) is 2.36. The minimum Gasteiger partial charge on any atom is -0.508 e. The monoisotopic (exact) mass is 186 g/mol. The summed E-state index contributed by atoms with van der Waals surface area (Å²) in [5.74, 6) is -1.37. The molecule has 0 bridgehead atoms. The number of hydrogen-bond donors (Lipinski definition) is 1. The first-order valence-electron chi connectivity index (χ1n) is 3.89. The lowest BCUT2D eigenvalue weighted by Crippen LogP contribution is -2.09. The van der Waals surface area contributed by atoms with E-state index in [4.69, 9.17) is 5.11 Å². The molecule has 1 aliphatic heterocycles. The first kappa shape index (κ1) is 9.57. The number of aliphatic hydroxyl groups is 1. The number of ether oxygens (including phenoxy) is 2. The van der Waals surface area contributed by atoms with Crippen molar-refractivity contribution in [2.75, 3.05) is 13.2 Å². The molecule has 5 nitrogen and oxygen atoms in total. The second-order valence-corrected chi connectivity index (χ2v) is 2.48. The molecule has 5 heteroatoms. The molecule has 0 spiro atoms. The predicted molar refractivity (Wildman–Crippen MR) is 41.9 cm³/mol. The van der Waals surface area contributed by atoms with Crippen LogP contribution in [-0.2, 0) is 19.1 Å². The van der Waals surface area contributed by atoms with Gasteiger partial charge < -0.3 is 14.6 Å². The van der Waals surface area contributed by atoms with Gasteiger partial charge in [-0.1, -0.05) is 0 Å². The molecule has 1 aliphatic rings. The fraction of sp³-hybridized carbons (Fsp3) is 0.500. The van der Waals surface area contributed by atoms with Gasteiger partial charge in [0.25, 0.3) is 0 Å². The van der Waals surface area contributed by atoms with Crippen molar-refractivity contribution in [2.24, 2.45) is 0 Å². The third kappa shape index (κ3) is 2.21. The fourth-order valence-electron chi connectivity index (χ4n) is 0.957. The van der Waals surface area contributed by atoms with Crippen LogP contribution in [0.5, 0.6) is 0 Å². The Morgan fingerprint density at radius 2 is 2.38 bits per heavy atom. The van der Waals surface area contributed by atoms with Gasteiger partial charge in [-0.2, -0.15) is 0 Å². The highest BCUT2D eigenvalue weighted by Gasteiger charge is 2.26. The Morgan fingerprint density at radius 3 is 2.85 bits per heavy atom. The fourth-order valence-corrected chi connectivity index (χ4v) is 0.957. The van der Waals surface area contributed by atoms with Crippen LogP contribution >= 0.6 is 0 Å². The number of carbonyl (C=O) groups excluding carboxylic acids is 2. The number of carbonyl (C=O) groups is 2. The molecule has 0 aromatic rings. The maximum atomic E-state index is 10.9. The van der Waals surface area contributed by atoms with E-state index in [2.05, 4.69) is 9.47 Å². The molecular weight excluding hydrogens is 176 g/mol. The van der Waals surface area contributed by atoms with Gasteiger partial charge in [0.05, 0.1) is 18.6 Å². The number of cyclic esters (lactones) is 1. The zero-order valence-corrected chi connectivity index (χ0v) is 7.20. The van der Waals surface area contributed by atoms with Gasteiger partial charge in [-0.3, -0.25) is 4.79 Å². The Kier molecular flexibility index (Phi) is 2.89. The van der Waals surface area contributed by atoms with Crippen molar-refractivity contribution < 1.29 is 24.2 Å². The van der Waals surface area contributed by atoms with E-state index in [0.29, 0.717) is 0 Å². The summed E-state index contributed by atoms with van der Waals surface area (Å²) < 4.78 is 9.09. The van der Waals surface area contributed by atoms with E-state index in [9.17, 15) is 9.59 Å². The molecule has 0 fully saturated rings. The summed E-state index contributed by atoms with van der Waals surface area (Å²) in [7, 11) is 0. The summed E-state index contributed by atoms with van der Waals surface area (Å²) in [4.78, 5) is 21.8. The summed E-state index contributed by atoms with van der Waals surface area (Å²) in [5, 5.41) is 9.10. The van der Waals surface area contributed by atoms with Gasteiger partial charge in [0.15, 0.2) is 0 Å². The minimum absolute atomic E-state index is 0.00144. The molecule has 0 saturated carbocycles. The van der Waals surface area contributed by atoms with Gasteiger partial charge in [0, 0.05) is 0 Å². The molecule has 0 saturated heterocycles. The quantitative estimate of drug-likeness (QED) is 0.642. The molecule has 1 rings (SSSR count). The summed E-state index contributed by atoms with van der Waals surface area (Å²) in [6.07, 6.45) is -0.224. The number of hydrogen-bond acceptors (Lipinski definition) is 5. The van der Waals surface area contributed by atoms with Crippen molar-refractivity contribution in [1.29, 1.82) is 0 Å². The van der Waals surface area contributed by atoms with E-state index >= 15 is 0 Å². The van der Waals surface area contributed by atoms with E-state index in [1.165, 1.54) is 0 Å². The third-order valence-corrected chi connectivity index (χ3v) is 1.56.